The molecule has 0 saturated heterocycles. The van der Waals surface area contributed by atoms with Gasteiger partial charge in [0.15, 0.2) is 0 Å². The zero-order chi connectivity index (χ0) is 28.3. The van der Waals surface area contributed by atoms with Crippen LogP contribution in [0.3, 0.4) is 0 Å². The minimum Gasteiger partial charge on any atom is -0.0649 e. The summed E-state index contributed by atoms with van der Waals surface area (Å²) in [5.74, 6) is 16.6. The van der Waals surface area contributed by atoms with Gasteiger partial charge in [0.25, 0.3) is 0 Å². The molecule has 4 aliphatic carbocycles. The predicted octanol–water partition coefficient (Wildman–Crippen LogP) is 11.2. The second kappa shape index (κ2) is 11.5. The summed E-state index contributed by atoms with van der Waals surface area (Å²) in [5.41, 5.74) is 0.542. The molecule has 0 aromatic heterocycles. The van der Waals surface area contributed by atoms with E-state index in [9.17, 15) is 0 Å². The fourth-order valence-corrected chi connectivity index (χ4v) is 11.0. The topological polar surface area (TPSA) is 0 Å². The number of hydrogen-bond acceptors (Lipinski definition) is 0. The molecule has 4 rings (SSSR count). The Morgan fingerprint density at radius 3 is 0.811 bits per heavy atom. The minimum absolute atomic E-state index is 0.542. The zero-order valence-electron chi connectivity index (χ0n) is 28.3. The van der Waals surface area contributed by atoms with Crippen molar-refractivity contribution >= 4 is 0 Å². The van der Waals surface area contributed by atoms with Gasteiger partial charge in [0.2, 0.25) is 0 Å². The Balaban J connectivity index is 0.000000568. The van der Waals surface area contributed by atoms with Crippen molar-refractivity contribution in [3.8, 4) is 0 Å². The maximum absolute atomic E-state index is 2.65. The van der Waals surface area contributed by atoms with E-state index in [1.165, 1.54) is 12.8 Å². The number of fused-ring (bicyclic) bond motifs is 2. The molecule has 0 N–H and O–H groups in total. The quantitative estimate of drug-likeness (QED) is 0.343. The first-order valence-corrected chi connectivity index (χ1v) is 17.0. The van der Waals surface area contributed by atoms with Crippen molar-refractivity contribution in [3.05, 3.63) is 0 Å². The standard InChI is InChI=1S/C31H56.C6H14/c1-14-16(3)22(9)30-26(18(5)24(11)28(30)20(14)7)13-27-19(6)25(12)29-21(8)15(2)17(4)23(10)31(27)29;1-5-6(2,3)4/h14-31H,13H2,1-12H3;5H2,1-4H3. The van der Waals surface area contributed by atoms with E-state index < -0.39 is 0 Å². The van der Waals surface area contributed by atoms with Crippen LogP contribution in [0.4, 0.5) is 0 Å². The molecular weight excluding hydrogens is 444 g/mol. The molecule has 0 aliphatic heterocycles. The SMILES string of the molecule is CC1C(C)C(C)C2C(CC3C(C)C(C)C4C(C)C(C)C(C)C(C)C34)C(C)C(C)C2C1C.CCC(C)(C)C. The molecule has 0 amide bonds. The molecule has 18 atom stereocenters. The zero-order valence-corrected chi connectivity index (χ0v) is 28.3. The summed E-state index contributed by atoms with van der Waals surface area (Å²) in [6, 6.07) is 0. The molecule has 0 radical (unpaired) electrons. The van der Waals surface area contributed by atoms with Crippen LogP contribution in [0.2, 0.25) is 0 Å². The highest BCUT2D eigenvalue weighted by Crippen LogP contribution is 2.65. The molecule has 0 spiro atoms. The van der Waals surface area contributed by atoms with Gasteiger partial charge in [-0.25, -0.2) is 0 Å². The first-order valence-electron chi connectivity index (χ1n) is 17.0. The van der Waals surface area contributed by atoms with Gasteiger partial charge < -0.3 is 0 Å². The highest BCUT2D eigenvalue weighted by atomic mass is 14.6. The molecule has 218 valence electrons. The Morgan fingerprint density at radius 1 is 0.351 bits per heavy atom. The van der Waals surface area contributed by atoms with E-state index in [4.69, 9.17) is 0 Å². The van der Waals surface area contributed by atoms with Crippen LogP contribution in [-0.2, 0) is 0 Å². The Labute approximate surface area is 235 Å². The van der Waals surface area contributed by atoms with Gasteiger partial charge in [-0.15, -0.1) is 0 Å². The van der Waals surface area contributed by atoms with Gasteiger partial charge in [-0.1, -0.05) is 117 Å². The first kappa shape index (κ1) is 31.5. The molecule has 4 aliphatic rings. The van der Waals surface area contributed by atoms with Crippen LogP contribution in [0, 0.1) is 112 Å². The van der Waals surface area contributed by atoms with Gasteiger partial charge in [-0.3, -0.25) is 0 Å². The van der Waals surface area contributed by atoms with Crippen molar-refractivity contribution in [2.45, 2.75) is 124 Å². The molecule has 0 aromatic rings. The summed E-state index contributed by atoms with van der Waals surface area (Å²) >= 11 is 0. The van der Waals surface area contributed by atoms with Crippen molar-refractivity contribution in [3.63, 3.8) is 0 Å². The average molecular weight is 515 g/mol. The van der Waals surface area contributed by atoms with E-state index in [0.29, 0.717) is 5.41 Å². The van der Waals surface area contributed by atoms with Gasteiger partial charge in [0.1, 0.15) is 0 Å². The van der Waals surface area contributed by atoms with Crippen LogP contribution >= 0.6 is 0 Å². The average Bonchev–Trinajstić information content (AvgIpc) is 3.24. The number of hydrogen-bond donors (Lipinski definition) is 0. The highest BCUT2D eigenvalue weighted by molar-refractivity contribution is 5.07. The molecule has 4 saturated carbocycles. The second-order valence-corrected chi connectivity index (χ2v) is 17.1. The van der Waals surface area contributed by atoms with E-state index in [-0.39, 0.29) is 0 Å². The lowest BCUT2D eigenvalue weighted by Crippen LogP contribution is -2.45. The molecule has 0 bridgehead atoms. The summed E-state index contributed by atoms with van der Waals surface area (Å²) in [4.78, 5) is 0. The highest BCUT2D eigenvalue weighted by Gasteiger charge is 2.59. The largest absolute Gasteiger partial charge is 0.0649 e. The van der Waals surface area contributed by atoms with Crippen molar-refractivity contribution in [1.82, 2.24) is 0 Å². The first-order chi connectivity index (χ1) is 17.0. The fourth-order valence-electron chi connectivity index (χ4n) is 11.0. The smallest absolute Gasteiger partial charge is 0.0321 e. The molecular formula is C37H70. The maximum Gasteiger partial charge on any atom is -0.0321 e. The molecule has 18 unspecified atom stereocenters. The molecule has 0 aromatic carbocycles. The molecule has 4 fully saturated rings. The van der Waals surface area contributed by atoms with Crippen LogP contribution in [0.25, 0.3) is 0 Å². The Hall–Kier alpha value is 0. The van der Waals surface area contributed by atoms with Crippen LogP contribution < -0.4 is 0 Å². The second-order valence-electron chi connectivity index (χ2n) is 17.1. The van der Waals surface area contributed by atoms with Crippen molar-refractivity contribution in [2.24, 2.45) is 112 Å². The normalized spacial score (nSPS) is 55.8. The number of rotatable bonds is 2. The molecule has 0 nitrogen and oxygen atoms in total. The summed E-state index contributed by atoms with van der Waals surface area (Å²) in [7, 11) is 0. The van der Waals surface area contributed by atoms with Crippen molar-refractivity contribution in [1.29, 1.82) is 0 Å². The Morgan fingerprint density at radius 2 is 0.568 bits per heavy atom. The van der Waals surface area contributed by atoms with E-state index >= 15 is 0 Å². The lowest BCUT2D eigenvalue weighted by Gasteiger charge is -2.50. The lowest BCUT2D eigenvalue weighted by atomic mass is 9.55. The van der Waals surface area contributed by atoms with Gasteiger partial charge in [0, 0.05) is 0 Å². The van der Waals surface area contributed by atoms with E-state index in [0.717, 1.165) is 107 Å². The van der Waals surface area contributed by atoms with Crippen molar-refractivity contribution < 1.29 is 0 Å². The molecule has 0 heterocycles. The lowest BCUT2D eigenvalue weighted by molar-refractivity contribution is -0.0209. The predicted molar refractivity (Wildman–Crippen MR) is 165 cm³/mol. The van der Waals surface area contributed by atoms with E-state index in [1.54, 1.807) is 0 Å². The monoisotopic (exact) mass is 515 g/mol. The van der Waals surface area contributed by atoms with Gasteiger partial charge in [0.05, 0.1) is 0 Å². The van der Waals surface area contributed by atoms with E-state index in [1.807, 2.05) is 0 Å². The maximum atomic E-state index is 2.65. The fraction of sp³-hybridized carbons (Fsp3) is 1.00. The summed E-state index contributed by atoms with van der Waals surface area (Å²) in [6.45, 7) is 40.3. The third kappa shape index (κ3) is 5.50. The molecule has 37 heavy (non-hydrogen) atoms. The third-order valence-electron chi connectivity index (χ3n) is 15.1. The van der Waals surface area contributed by atoms with Gasteiger partial charge in [-0.05, 0) is 118 Å². The Bertz CT molecular complexity index is 675. The minimum atomic E-state index is 0.542. The van der Waals surface area contributed by atoms with E-state index in [2.05, 4.69) is 111 Å². The van der Waals surface area contributed by atoms with Crippen molar-refractivity contribution in [2.75, 3.05) is 0 Å². The van der Waals surface area contributed by atoms with Crippen LogP contribution in [0.5, 0.6) is 0 Å². The van der Waals surface area contributed by atoms with Gasteiger partial charge >= 0.3 is 0 Å². The summed E-state index contributed by atoms with van der Waals surface area (Å²) < 4.78 is 0. The van der Waals surface area contributed by atoms with Crippen LogP contribution in [0.1, 0.15) is 124 Å². The summed E-state index contributed by atoms with van der Waals surface area (Å²) in [5, 5.41) is 0. The third-order valence-corrected chi connectivity index (χ3v) is 15.1. The molecule has 0 heteroatoms. The summed E-state index contributed by atoms with van der Waals surface area (Å²) in [6.07, 6.45) is 2.81. The van der Waals surface area contributed by atoms with Crippen LogP contribution in [0.15, 0.2) is 0 Å². The Kier molecular flexibility index (Phi) is 9.78. The van der Waals surface area contributed by atoms with Gasteiger partial charge in [-0.2, -0.15) is 0 Å². The van der Waals surface area contributed by atoms with Crippen LogP contribution in [-0.4, -0.2) is 0 Å².